The zero-order valence-corrected chi connectivity index (χ0v) is 13.4. The minimum absolute atomic E-state index is 0.404. The number of allylic oxidation sites excluding steroid dienone is 2. The smallest absolute Gasteiger partial charge is 0.308 e. The van der Waals surface area contributed by atoms with Gasteiger partial charge in [0.05, 0.1) is 13.2 Å². The molecule has 0 heterocycles. The average molecular weight is 298 g/mol. The molecule has 0 N–H and O–H groups in total. The third-order valence-corrected chi connectivity index (χ3v) is 5.93. The summed E-state index contributed by atoms with van der Waals surface area (Å²) >= 11 is 0. The van der Waals surface area contributed by atoms with Crippen molar-refractivity contribution in [2.75, 3.05) is 19.4 Å². The molecule has 0 amide bonds. The third kappa shape index (κ3) is 5.20. The largest absolute Gasteiger partial charge is 0.330 e. The zero-order valence-electron chi connectivity index (χ0n) is 12.5. The van der Waals surface area contributed by atoms with Crippen LogP contribution in [0.4, 0.5) is 0 Å². The first kappa shape index (κ1) is 16.0. The summed E-state index contributed by atoms with van der Waals surface area (Å²) < 4.78 is 23.9. The first-order chi connectivity index (χ1) is 9.72. The zero-order chi connectivity index (χ0) is 14.3. The number of hydrogen-bond acceptors (Lipinski definition) is 3. The molecule has 2 aliphatic carbocycles. The molecule has 0 saturated heterocycles. The maximum Gasteiger partial charge on any atom is 0.330 e. The van der Waals surface area contributed by atoms with Gasteiger partial charge in [-0.3, -0.25) is 4.57 Å². The van der Waals surface area contributed by atoms with Gasteiger partial charge in [0.15, 0.2) is 0 Å². The second-order valence-electron chi connectivity index (χ2n) is 5.76. The molecular weight excluding hydrogens is 271 g/mol. The van der Waals surface area contributed by atoms with Crippen molar-refractivity contribution in [1.29, 1.82) is 0 Å². The lowest BCUT2D eigenvalue weighted by Gasteiger charge is -2.23. The number of rotatable bonds is 7. The molecular formula is C16H27O3P. The molecule has 0 aromatic rings. The van der Waals surface area contributed by atoms with E-state index < -0.39 is 7.60 Å². The Balaban J connectivity index is 1.77. The quantitative estimate of drug-likeness (QED) is 0.493. The molecule has 0 bridgehead atoms. The molecule has 0 aromatic carbocycles. The minimum atomic E-state index is -2.90. The van der Waals surface area contributed by atoms with Gasteiger partial charge in [0.1, 0.15) is 0 Å². The van der Waals surface area contributed by atoms with Crippen LogP contribution in [0.1, 0.15) is 45.4 Å². The van der Waals surface area contributed by atoms with Gasteiger partial charge < -0.3 is 9.05 Å². The Bertz CT molecular complexity index is 357. The molecule has 20 heavy (non-hydrogen) atoms. The fourth-order valence-corrected chi connectivity index (χ4v) is 3.96. The first-order valence-corrected chi connectivity index (χ1v) is 9.66. The monoisotopic (exact) mass is 298 g/mol. The Morgan fingerprint density at radius 2 is 1.50 bits per heavy atom. The molecule has 0 aliphatic heterocycles. The van der Waals surface area contributed by atoms with Crippen LogP contribution in [0.2, 0.25) is 0 Å². The van der Waals surface area contributed by atoms with Crippen LogP contribution in [0, 0.1) is 11.8 Å². The van der Waals surface area contributed by atoms with Gasteiger partial charge >= 0.3 is 7.60 Å². The Kier molecular flexibility index (Phi) is 6.54. The topological polar surface area (TPSA) is 35.5 Å². The fourth-order valence-electron chi connectivity index (χ4n) is 2.68. The molecule has 2 atom stereocenters. The van der Waals surface area contributed by atoms with E-state index in [9.17, 15) is 4.57 Å². The molecule has 0 fully saturated rings. The lowest BCUT2D eigenvalue weighted by molar-refractivity contribution is 0.171. The standard InChI is InChI=1S/C16H27O3P/c1-2-20(17,18-13-15-9-5-3-6-10-15)19-14-16-11-7-4-8-12-16/h5,7,9,11,15-16H,2-4,6,8,10,12-14H2,1H3. The van der Waals surface area contributed by atoms with Gasteiger partial charge in [0.2, 0.25) is 0 Å². The van der Waals surface area contributed by atoms with Crippen molar-refractivity contribution in [2.45, 2.75) is 45.4 Å². The lowest BCUT2D eigenvalue weighted by Crippen LogP contribution is -2.13. The maximum absolute atomic E-state index is 12.6. The van der Waals surface area contributed by atoms with Gasteiger partial charge in [-0.15, -0.1) is 0 Å². The Labute approximate surface area is 123 Å². The van der Waals surface area contributed by atoms with Gasteiger partial charge in [0.25, 0.3) is 0 Å². The molecule has 0 saturated carbocycles. The highest BCUT2D eigenvalue weighted by molar-refractivity contribution is 7.53. The van der Waals surface area contributed by atoms with E-state index in [2.05, 4.69) is 24.3 Å². The van der Waals surface area contributed by atoms with Crippen LogP contribution in [0.5, 0.6) is 0 Å². The van der Waals surface area contributed by atoms with Gasteiger partial charge in [0, 0.05) is 18.0 Å². The Morgan fingerprint density at radius 1 is 1.00 bits per heavy atom. The summed E-state index contributed by atoms with van der Waals surface area (Å²) in [5, 5.41) is 0. The summed E-state index contributed by atoms with van der Waals surface area (Å²) in [6, 6.07) is 0. The van der Waals surface area contributed by atoms with E-state index in [4.69, 9.17) is 9.05 Å². The fraction of sp³-hybridized carbons (Fsp3) is 0.750. The molecule has 114 valence electrons. The van der Waals surface area contributed by atoms with Gasteiger partial charge in [-0.1, -0.05) is 31.2 Å². The highest BCUT2D eigenvalue weighted by Gasteiger charge is 2.25. The summed E-state index contributed by atoms with van der Waals surface area (Å²) in [5.74, 6) is 0.809. The molecule has 4 heteroatoms. The normalized spacial score (nSPS) is 29.2. The van der Waals surface area contributed by atoms with Gasteiger partial charge in [-0.2, -0.15) is 0 Å². The van der Waals surface area contributed by atoms with E-state index in [0.717, 1.165) is 25.7 Å². The maximum atomic E-state index is 12.6. The van der Waals surface area contributed by atoms with Crippen LogP contribution < -0.4 is 0 Å². The third-order valence-electron chi connectivity index (χ3n) is 4.07. The summed E-state index contributed by atoms with van der Waals surface area (Å²) in [7, 11) is -2.90. The van der Waals surface area contributed by atoms with Crippen molar-refractivity contribution >= 4 is 7.60 Å². The van der Waals surface area contributed by atoms with E-state index in [1.807, 2.05) is 6.92 Å². The summed E-state index contributed by atoms with van der Waals surface area (Å²) in [6.45, 7) is 2.94. The van der Waals surface area contributed by atoms with Crippen LogP contribution in [0.15, 0.2) is 24.3 Å². The van der Waals surface area contributed by atoms with E-state index in [1.54, 1.807) is 0 Å². The Hall–Kier alpha value is -0.370. The first-order valence-electron chi connectivity index (χ1n) is 7.93. The van der Waals surface area contributed by atoms with Crippen molar-refractivity contribution in [1.82, 2.24) is 0 Å². The van der Waals surface area contributed by atoms with Crippen molar-refractivity contribution in [3.63, 3.8) is 0 Å². The van der Waals surface area contributed by atoms with E-state index >= 15 is 0 Å². The second kappa shape index (κ2) is 8.17. The molecule has 2 unspecified atom stereocenters. The number of hydrogen-bond donors (Lipinski definition) is 0. The van der Waals surface area contributed by atoms with Crippen molar-refractivity contribution in [3.8, 4) is 0 Å². The summed E-state index contributed by atoms with van der Waals surface area (Å²) in [5.41, 5.74) is 0. The molecule has 0 spiro atoms. The predicted octanol–water partition coefficient (Wildman–Crippen LogP) is 4.95. The van der Waals surface area contributed by atoms with Crippen molar-refractivity contribution < 1.29 is 13.6 Å². The predicted molar refractivity (Wildman–Crippen MR) is 83.0 cm³/mol. The Morgan fingerprint density at radius 3 is 1.85 bits per heavy atom. The molecule has 3 nitrogen and oxygen atoms in total. The summed E-state index contributed by atoms with van der Waals surface area (Å²) in [4.78, 5) is 0. The van der Waals surface area contributed by atoms with E-state index in [1.165, 1.54) is 12.8 Å². The van der Waals surface area contributed by atoms with Crippen molar-refractivity contribution in [2.24, 2.45) is 11.8 Å². The van der Waals surface area contributed by atoms with Crippen LogP contribution in [-0.2, 0) is 13.6 Å². The minimum Gasteiger partial charge on any atom is -0.308 e. The van der Waals surface area contributed by atoms with Crippen LogP contribution >= 0.6 is 7.60 Å². The second-order valence-corrected chi connectivity index (χ2v) is 8.13. The summed E-state index contributed by atoms with van der Waals surface area (Å²) in [6.07, 6.45) is 16.2. The van der Waals surface area contributed by atoms with Gasteiger partial charge in [-0.25, -0.2) is 0 Å². The molecule has 2 aliphatic rings. The lowest BCUT2D eigenvalue weighted by atomic mass is 9.97. The SMILES string of the molecule is CCP(=O)(OCC1C=CCCC1)OCC1C=CCCC1. The van der Waals surface area contributed by atoms with Crippen molar-refractivity contribution in [3.05, 3.63) is 24.3 Å². The molecule has 0 radical (unpaired) electrons. The van der Waals surface area contributed by atoms with E-state index in [-0.39, 0.29) is 0 Å². The van der Waals surface area contributed by atoms with Crippen LogP contribution in [0.25, 0.3) is 0 Å². The van der Waals surface area contributed by atoms with Crippen LogP contribution in [-0.4, -0.2) is 19.4 Å². The van der Waals surface area contributed by atoms with Crippen LogP contribution in [0.3, 0.4) is 0 Å². The average Bonchev–Trinajstić information content (AvgIpc) is 2.53. The van der Waals surface area contributed by atoms with E-state index in [0.29, 0.717) is 31.2 Å². The molecule has 2 rings (SSSR count). The molecule has 0 aromatic heterocycles. The highest BCUT2D eigenvalue weighted by Crippen LogP contribution is 2.49. The highest BCUT2D eigenvalue weighted by atomic mass is 31.2. The van der Waals surface area contributed by atoms with Gasteiger partial charge in [-0.05, 0) is 38.5 Å².